The monoisotopic (exact) mass is 229 g/mol. The van der Waals surface area contributed by atoms with Crippen molar-refractivity contribution in [2.45, 2.75) is 52.4 Å². The van der Waals surface area contributed by atoms with Gasteiger partial charge in [0.2, 0.25) is 0 Å². The molecule has 0 saturated carbocycles. The van der Waals surface area contributed by atoms with E-state index in [0.29, 0.717) is 5.41 Å². The molecular weight excluding hydrogens is 206 g/mol. The minimum atomic E-state index is 0.583. The first-order valence-corrected chi connectivity index (χ1v) is 6.58. The van der Waals surface area contributed by atoms with Gasteiger partial charge >= 0.3 is 0 Å². The number of halogens is 1. The minimum absolute atomic E-state index is 0.583. The third kappa shape index (κ3) is 4.16. The van der Waals surface area contributed by atoms with E-state index in [1.807, 2.05) is 4.42 Å². The molecular formula is C13H24ClN. The molecule has 15 heavy (non-hydrogen) atoms. The van der Waals surface area contributed by atoms with E-state index >= 15 is 0 Å². The lowest BCUT2D eigenvalue weighted by molar-refractivity contribution is 0.131. The van der Waals surface area contributed by atoms with Crippen LogP contribution in [0.2, 0.25) is 0 Å². The van der Waals surface area contributed by atoms with E-state index in [4.69, 9.17) is 11.8 Å². The molecule has 0 N–H and O–H groups in total. The van der Waals surface area contributed by atoms with Gasteiger partial charge in [0.05, 0.1) is 0 Å². The highest BCUT2D eigenvalue weighted by Gasteiger charge is 2.32. The Morgan fingerprint density at radius 3 is 2.47 bits per heavy atom. The van der Waals surface area contributed by atoms with Gasteiger partial charge in [-0.15, -0.1) is 0 Å². The zero-order valence-electron chi connectivity index (χ0n) is 10.1. The van der Waals surface area contributed by atoms with Crippen LogP contribution in [0.25, 0.3) is 0 Å². The Hall–Kier alpha value is -0.0100. The average molecular weight is 230 g/mol. The van der Waals surface area contributed by atoms with Gasteiger partial charge in [-0.25, -0.2) is 4.42 Å². The van der Waals surface area contributed by atoms with Crippen molar-refractivity contribution in [1.82, 2.24) is 4.42 Å². The Kier molecular flexibility index (Phi) is 5.70. The van der Waals surface area contributed by atoms with Gasteiger partial charge in [0, 0.05) is 13.1 Å². The SMILES string of the molecule is C/C=C/CCC1(CCC)CCN(Cl)CC1. The molecule has 0 aromatic heterocycles. The van der Waals surface area contributed by atoms with Gasteiger partial charge in [-0.3, -0.25) is 0 Å². The fourth-order valence-electron chi connectivity index (χ4n) is 2.67. The highest BCUT2D eigenvalue weighted by atomic mass is 35.5. The molecule has 1 aliphatic heterocycles. The first-order valence-electron chi connectivity index (χ1n) is 6.24. The number of allylic oxidation sites excluding steroid dienone is 2. The quantitative estimate of drug-likeness (QED) is 0.500. The summed E-state index contributed by atoms with van der Waals surface area (Å²) in [5, 5.41) is 0. The van der Waals surface area contributed by atoms with Gasteiger partial charge in [-0.05, 0) is 56.2 Å². The maximum Gasteiger partial charge on any atom is 0.0144 e. The number of hydrogen-bond donors (Lipinski definition) is 0. The standard InChI is InChI=1S/C13H24ClN/c1-3-5-6-8-13(7-4-2)9-11-15(14)12-10-13/h3,5H,4,6-12H2,1-2H3/b5-3+. The maximum atomic E-state index is 6.02. The Labute approximate surface area is 99.6 Å². The molecule has 0 amide bonds. The van der Waals surface area contributed by atoms with E-state index in [1.165, 1.54) is 38.5 Å². The zero-order chi connectivity index (χ0) is 11.1. The van der Waals surface area contributed by atoms with Crippen LogP contribution in [0.4, 0.5) is 0 Å². The normalized spacial score (nSPS) is 22.3. The summed E-state index contributed by atoms with van der Waals surface area (Å²) < 4.78 is 1.95. The van der Waals surface area contributed by atoms with Crippen molar-refractivity contribution < 1.29 is 0 Å². The van der Waals surface area contributed by atoms with Gasteiger partial charge in [0.25, 0.3) is 0 Å². The number of nitrogens with zero attached hydrogens (tertiary/aromatic N) is 1. The van der Waals surface area contributed by atoms with Crippen molar-refractivity contribution in [3.8, 4) is 0 Å². The number of rotatable bonds is 5. The molecule has 1 fully saturated rings. The molecule has 0 unspecified atom stereocenters. The van der Waals surface area contributed by atoms with Gasteiger partial charge in [-0.1, -0.05) is 25.5 Å². The Morgan fingerprint density at radius 1 is 1.27 bits per heavy atom. The van der Waals surface area contributed by atoms with Crippen molar-refractivity contribution >= 4 is 11.8 Å². The van der Waals surface area contributed by atoms with Crippen LogP contribution in [0.15, 0.2) is 12.2 Å². The molecule has 1 heterocycles. The first kappa shape index (κ1) is 13.1. The summed E-state index contributed by atoms with van der Waals surface area (Å²) in [5.74, 6) is 0. The lowest BCUT2D eigenvalue weighted by Crippen LogP contribution is -2.35. The molecule has 0 atom stereocenters. The Morgan fingerprint density at radius 2 is 1.93 bits per heavy atom. The first-order chi connectivity index (χ1) is 7.22. The van der Waals surface area contributed by atoms with Gasteiger partial charge in [0.15, 0.2) is 0 Å². The Balaban J connectivity index is 2.46. The summed E-state index contributed by atoms with van der Waals surface area (Å²) in [7, 11) is 0. The molecule has 1 aliphatic rings. The predicted molar refractivity (Wildman–Crippen MR) is 68.0 cm³/mol. The molecule has 2 heteroatoms. The van der Waals surface area contributed by atoms with Crippen LogP contribution in [0.3, 0.4) is 0 Å². The van der Waals surface area contributed by atoms with Crippen LogP contribution in [0.5, 0.6) is 0 Å². The van der Waals surface area contributed by atoms with Crippen LogP contribution in [-0.2, 0) is 0 Å². The predicted octanol–water partition coefficient (Wildman–Crippen LogP) is 4.38. The lowest BCUT2D eigenvalue weighted by Gasteiger charge is -2.39. The van der Waals surface area contributed by atoms with E-state index < -0.39 is 0 Å². The van der Waals surface area contributed by atoms with Crippen molar-refractivity contribution in [1.29, 1.82) is 0 Å². The third-order valence-electron chi connectivity index (χ3n) is 3.63. The molecule has 0 aromatic rings. The smallest absolute Gasteiger partial charge is 0.0144 e. The summed E-state index contributed by atoms with van der Waals surface area (Å²) in [6, 6.07) is 0. The molecule has 0 spiro atoms. The summed E-state index contributed by atoms with van der Waals surface area (Å²) in [5.41, 5.74) is 0.583. The highest BCUT2D eigenvalue weighted by molar-refractivity contribution is 6.13. The second-order valence-corrected chi connectivity index (χ2v) is 5.25. The third-order valence-corrected chi connectivity index (χ3v) is 3.96. The van der Waals surface area contributed by atoms with Gasteiger partial charge < -0.3 is 0 Å². The largest absolute Gasteiger partial charge is 0.220 e. The van der Waals surface area contributed by atoms with E-state index in [0.717, 1.165) is 13.1 Å². The topological polar surface area (TPSA) is 3.24 Å². The number of piperidine rings is 1. The summed E-state index contributed by atoms with van der Waals surface area (Å²) in [6.07, 6.45) is 12.3. The molecule has 1 saturated heterocycles. The molecule has 0 radical (unpaired) electrons. The molecule has 1 rings (SSSR count). The summed E-state index contributed by atoms with van der Waals surface area (Å²) >= 11 is 6.02. The second kappa shape index (κ2) is 6.55. The van der Waals surface area contributed by atoms with E-state index in [1.54, 1.807) is 0 Å². The molecule has 0 aliphatic carbocycles. The fraction of sp³-hybridized carbons (Fsp3) is 0.846. The van der Waals surface area contributed by atoms with Crippen LogP contribution < -0.4 is 0 Å². The average Bonchev–Trinajstić information content (AvgIpc) is 2.23. The molecule has 1 nitrogen and oxygen atoms in total. The maximum absolute atomic E-state index is 6.02. The summed E-state index contributed by atoms with van der Waals surface area (Å²) in [6.45, 7) is 6.53. The van der Waals surface area contributed by atoms with Crippen LogP contribution in [0.1, 0.15) is 52.4 Å². The summed E-state index contributed by atoms with van der Waals surface area (Å²) in [4.78, 5) is 0. The van der Waals surface area contributed by atoms with E-state index in [2.05, 4.69) is 26.0 Å². The van der Waals surface area contributed by atoms with Crippen molar-refractivity contribution in [3.63, 3.8) is 0 Å². The second-order valence-electron chi connectivity index (χ2n) is 4.77. The Bertz CT molecular complexity index is 193. The molecule has 0 bridgehead atoms. The van der Waals surface area contributed by atoms with Crippen LogP contribution in [0, 0.1) is 5.41 Å². The fourth-order valence-corrected chi connectivity index (χ4v) is 2.83. The van der Waals surface area contributed by atoms with Crippen LogP contribution >= 0.6 is 11.8 Å². The lowest BCUT2D eigenvalue weighted by atomic mass is 9.72. The highest BCUT2D eigenvalue weighted by Crippen LogP contribution is 2.40. The minimum Gasteiger partial charge on any atom is -0.220 e. The van der Waals surface area contributed by atoms with Gasteiger partial charge in [-0.2, -0.15) is 0 Å². The van der Waals surface area contributed by atoms with Crippen molar-refractivity contribution in [3.05, 3.63) is 12.2 Å². The van der Waals surface area contributed by atoms with Gasteiger partial charge in [0.1, 0.15) is 0 Å². The van der Waals surface area contributed by atoms with Crippen molar-refractivity contribution in [2.75, 3.05) is 13.1 Å². The van der Waals surface area contributed by atoms with Crippen molar-refractivity contribution in [2.24, 2.45) is 5.41 Å². The number of hydrogen-bond acceptors (Lipinski definition) is 1. The van der Waals surface area contributed by atoms with E-state index in [-0.39, 0.29) is 0 Å². The molecule has 0 aromatic carbocycles. The zero-order valence-corrected chi connectivity index (χ0v) is 10.9. The molecule has 88 valence electrons. The van der Waals surface area contributed by atoms with E-state index in [9.17, 15) is 0 Å². The van der Waals surface area contributed by atoms with Crippen LogP contribution in [-0.4, -0.2) is 17.5 Å².